The Morgan fingerprint density at radius 1 is 1.47 bits per heavy atom. The standard InChI is InChI=1S/C10H12BrClFNO2S/c1-7-5-9(13)8(11)6-10(7)14-17(15,16)4-2-3-12/h5-6,14H,2-4H2,1H3. The summed E-state index contributed by atoms with van der Waals surface area (Å²) in [7, 11) is -3.43. The van der Waals surface area contributed by atoms with Crippen LogP contribution in [-0.2, 0) is 10.0 Å². The van der Waals surface area contributed by atoms with Crippen LogP contribution in [0.5, 0.6) is 0 Å². The first-order valence-corrected chi connectivity index (χ1v) is 7.86. The molecule has 0 aliphatic rings. The van der Waals surface area contributed by atoms with E-state index in [1.54, 1.807) is 6.92 Å². The maximum atomic E-state index is 13.2. The van der Waals surface area contributed by atoms with Crippen molar-refractivity contribution in [3.8, 4) is 0 Å². The predicted molar refractivity (Wildman–Crippen MR) is 71.6 cm³/mol. The third kappa shape index (κ3) is 4.44. The van der Waals surface area contributed by atoms with Gasteiger partial charge in [0.15, 0.2) is 0 Å². The van der Waals surface area contributed by atoms with Gasteiger partial charge in [0, 0.05) is 5.88 Å². The van der Waals surface area contributed by atoms with E-state index < -0.39 is 15.8 Å². The van der Waals surface area contributed by atoms with Crippen LogP contribution in [0.3, 0.4) is 0 Å². The summed E-state index contributed by atoms with van der Waals surface area (Å²) in [5, 5.41) is 0. The molecule has 0 unspecified atom stereocenters. The summed E-state index contributed by atoms with van der Waals surface area (Å²) in [4.78, 5) is 0. The van der Waals surface area contributed by atoms with Crippen molar-refractivity contribution in [2.75, 3.05) is 16.4 Å². The van der Waals surface area contributed by atoms with Crippen LogP contribution in [0, 0.1) is 12.7 Å². The summed E-state index contributed by atoms with van der Waals surface area (Å²) in [5.74, 6) is -0.191. The minimum Gasteiger partial charge on any atom is -0.283 e. The van der Waals surface area contributed by atoms with Gasteiger partial charge in [-0.3, -0.25) is 4.72 Å². The quantitative estimate of drug-likeness (QED) is 0.833. The summed E-state index contributed by atoms with van der Waals surface area (Å²) >= 11 is 8.45. The van der Waals surface area contributed by atoms with Gasteiger partial charge < -0.3 is 0 Å². The van der Waals surface area contributed by atoms with Crippen molar-refractivity contribution in [1.29, 1.82) is 0 Å². The maximum Gasteiger partial charge on any atom is 0.232 e. The molecule has 0 aromatic heterocycles. The van der Waals surface area contributed by atoms with E-state index in [1.807, 2.05) is 0 Å². The van der Waals surface area contributed by atoms with E-state index in [0.717, 1.165) is 0 Å². The number of hydrogen-bond donors (Lipinski definition) is 1. The number of hydrogen-bond acceptors (Lipinski definition) is 2. The first-order valence-electron chi connectivity index (χ1n) is 4.88. The minimum absolute atomic E-state index is 0.0507. The number of nitrogens with one attached hydrogen (secondary N) is 1. The third-order valence-electron chi connectivity index (χ3n) is 2.08. The molecular formula is C10H12BrClFNO2S. The molecule has 1 aromatic carbocycles. The molecule has 1 rings (SSSR count). The number of alkyl halides is 1. The molecular weight excluding hydrogens is 333 g/mol. The molecule has 0 saturated carbocycles. The first kappa shape index (κ1) is 14.7. The predicted octanol–water partition coefficient (Wildman–Crippen LogP) is 3.27. The van der Waals surface area contributed by atoms with E-state index in [0.29, 0.717) is 17.7 Å². The van der Waals surface area contributed by atoms with E-state index in [-0.39, 0.29) is 16.1 Å². The molecule has 0 fully saturated rings. The molecule has 0 aliphatic heterocycles. The van der Waals surface area contributed by atoms with E-state index in [2.05, 4.69) is 20.7 Å². The lowest BCUT2D eigenvalue weighted by molar-refractivity contribution is 0.599. The zero-order valence-electron chi connectivity index (χ0n) is 9.13. The molecule has 3 nitrogen and oxygen atoms in total. The van der Waals surface area contributed by atoms with E-state index in [1.165, 1.54) is 12.1 Å². The summed E-state index contributed by atoms with van der Waals surface area (Å²) in [6.45, 7) is 1.63. The molecule has 0 heterocycles. The van der Waals surface area contributed by atoms with Crippen LogP contribution in [0.25, 0.3) is 0 Å². The average molecular weight is 345 g/mol. The zero-order chi connectivity index (χ0) is 13.1. The van der Waals surface area contributed by atoms with Gasteiger partial charge in [0.05, 0.1) is 15.9 Å². The average Bonchev–Trinajstić information content (AvgIpc) is 2.23. The van der Waals surface area contributed by atoms with Crippen molar-refractivity contribution in [1.82, 2.24) is 0 Å². The Bertz CT molecular complexity index is 507. The van der Waals surface area contributed by atoms with Crippen LogP contribution < -0.4 is 4.72 Å². The van der Waals surface area contributed by atoms with Crippen LogP contribution in [0.15, 0.2) is 16.6 Å². The van der Waals surface area contributed by atoms with Crippen molar-refractivity contribution in [2.24, 2.45) is 0 Å². The molecule has 0 radical (unpaired) electrons. The molecule has 7 heteroatoms. The van der Waals surface area contributed by atoms with Gasteiger partial charge in [-0.05, 0) is 47.0 Å². The van der Waals surface area contributed by atoms with E-state index >= 15 is 0 Å². The summed E-state index contributed by atoms with van der Waals surface area (Å²) in [6, 6.07) is 2.67. The summed E-state index contributed by atoms with van der Waals surface area (Å²) in [5.41, 5.74) is 0.896. The van der Waals surface area contributed by atoms with Gasteiger partial charge in [0.25, 0.3) is 0 Å². The monoisotopic (exact) mass is 343 g/mol. The Kier molecular flexibility index (Phi) is 5.22. The summed E-state index contributed by atoms with van der Waals surface area (Å²) in [6.07, 6.45) is 0.373. The van der Waals surface area contributed by atoms with Gasteiger partial charge in [-0.25, -0.2) is 12.8 Å². The lowest BCUT2D eigenvalue weighted by Crippen LogP contribution is -2.17. The Labute approximate surface area is 114 Å². The SMILES string of the molecule is Cc1cc(F)c(Br)cc1NS(=O)(=O)CCCCl. The topological polar surface area (TPSA) is 46.2 Å². The molecule has 0 spiro atoms. The van der Waals surface area contributed by atoms with Gasteiger partial charge in [0.2, 0.25) is 10.0 Å². The largest absolute Gasteiger partial charge is 0.283 e. The third-order valence-corrected chi connectivity index (χ3v) is 4.31. The van der Waals surface area contributed by atoms with Crippen molar-refractivity contribution in [2.45, 2.75) is 13.3 Å². The maximum absolute atomic E-state index is 13.2. The van der Waals surface area contributed by atoms with Crippen LogP contribution >= 0.6 is 27.5 Å². The Hall–Kier alpha value is -0.330. The molecule has 0 bridgehead atoms. The minimum atomic E-state index is -3.43. The normalized spacial score (nSPS) is 11.5. The highest BCUT2D eigenvalue weighted by Crippen LogP contribution is 2.25. The van der Waals surface area contributed by atoms with Crippen LogP contribution in [0.4, 0.5) is 10.1 Å². The van der Waals surface area contributed by atoms with Crippen molar-refractivity contribution in [3.05, 3.63) is 28.0 Å². The van der Waals surface area contributed by atoms with Crippen LogP contribution in [0.2, 0.25) is 0 Å². The highest BCUT2D eigenvalue weighted by Gasteiger charge is 2.13. The number of aryl methyl sites for hydroxylation is 1. The smallest absolute Gasteiger partial charge is 0.232 e. The van der Waals surface area contributed by atoms with Crippen LogP contribution in [-0.4, -0.2) is 20.1 Å². The number of anilines is 1. The van der Waals surface area contributed by atoms with Crippen molar-refractivity contribution < 1.29 is 12.8 Å². The highest BCUT2D eigenvalue weighted by molar-refractivity contribution is 9.10. The highest BCUT2D eigenvalue weighted by atomic mass is 79.9. The van der Waals surface area contributed by atoms with E-state index in [4.69, 9.17) is 11.6 Å². The van der Waals surface area contributed by atoms with Gasteiger partial charge in [-0.1, -0.05) is 0 Å². The van der Waals surface area contributed by atoms with Gasteiger partial charge in [-0.2, -0.15) is 0 Å². The fourth-order valence-corrected chi connectivity index (χ4v) is 3.04. The molecule has 17 heavy (non-hydrogen) atoms. The van der Waals surface area contributed by atoms with Crippen LogP contribution in [0.1, 0.15) is 12.0 Å². The molecule has 0 aliphatic carbocycles. The number of benzene rings is 1. The second-order valence-electron chi connectivity index (χ2n) is 3.54. The molecule has 1 N–H and O–H groups in total. The molecule has 96 valence electrons. The fourth-order valence-electron chi connectivity index (χ4n) is 1.22. The number of halogens is 3. The number of sulfonamides is 1. The van der Waals surface area contributed by atoms with Gasteiger partial charge >= 0.3 is 0 Å². The molecule has 0 atom stereocenters. The second-order valence-corrected chi connectivity index (χ2v) is 6.62. The molecule has 1 aromatic rings. The molecule has 0 saturated heterocycles. The Morgan fingerprint density at radius 3 is 2.71 bits per heavy atom. The Balaban J connectivity index is 2.92. The second kappa shape index (κ2) is 6.02. The summed E-state index contributed by atoms with van der Waals surface area (Å²) < 4.78 is 39.0. The molecule has 0 amide bonds. The lowest BCUT2D eigenvalue weighted by atomic mass is 10.2. The number of rotatable bonds is 5. The Morgan fingerprint density at radius 2 is 2.12 bits per heavy atom. The lowest BCUT2D eigenvalue weighted by Gasteiger charge is -2.11. The van der Waals surface area contributed by atoms with Gasteiger partial charge in [0.1, 0.15) is 5.82 Å². The van der Waals surface area contributed by atoms with Crippen molar-refractivity contribution >= 4 is 43.2 Å². The first-order chi connectivity index (χ1) is 7.85. The van der Waals surface area contributed by atoms with Gasteiger partial charge in [-0.15, -0.1) is 11.6 Å². The van der Waals surface area contributed by atoms with Crippen molar-refractivity contribution in [3.63, 3.8) is 0 Å². The fraction of sp³-hybridized carbons (Fsp3) is 0.400. The zero-order valence-corrected chi connectivity index (χ0v) is 12.3. The van der Waals surface area contributed by atoms with E-state index in [9.17, 15) is 12.8 Å².